The Bertz CT molecular complexity index is 1260. The van der Waals surface area contributed by atoms with E-state index in [0.717, 1.165) is 13.1 Å². The summed E-state index contributed by atoms with van der Waals surface area (Å²) in [6, 6.07) is 21.6. The third-order valence-electron chi connectivity index (χ3n) is 6.80. The van der Waals surface area contributed by atoms with Crippen LogP contribution in [0.2, 0.25) is 0 Å². The molecule has 3 atom stereocenters. The fraction of sp³-hybridized carbons (Fsp3) is 0.321. The number of fused-ring (bicyclic) bond motifs is 1. The number of carbonyl (C=O) groups excluding carboxylic acids is 1. The number of nitrogens with zero attached hydrogens (tertiary/aromatic N) is 5. The zero-order chi connectivity index (χ0) is 25.8. The molecule has 1 fully saturated rings. The Morgan fingerprint density at radius 1 is 1.05 bits per heavy atom. The predicted octanol–water partition coefficient (Wildman–Crippen LogP) is 2.72. The van der Waals surface area contributed by atoms with Crippen molar-refractivity contribution in [3.8, 4) is 17.6 Å². The van der Waals surface area contributed by atoms with Gasteiger partial charge in [0.25, 0.3) is 5.91 Å². The third-order valence-corrected chi connectivity index (χ3v) is 6.80. The Morgan fingerprint density at radius 3 is 2.38 bits per heavy atom. The zero-order valence-corrected chi connectivity index (χ0v) is 20.6. The number of hydrogen-bond acceptors (Lipinski definition) is 8. The molecule has 5 rings (SSSR count). The normalized spacial score (nSPS) is 20.6. The maximum atomic E-state index is 13.5. The van der Waals surface area contributed by atoms with Gasteiger partial charge in [0.05, 0.1) is 11.6 Å². The number of benzene rings is 2. The standard InChI is InChI=1S/C28H29N5O4/c1-20(19-33(25-8-4-5-13-30-25)26(34)22-11-9-21(18-29)10-12-22)31-14-16-32(17-15-31)27-28(35)37-24-7-3-2-6-23(24)36-27/h2-13,20,27-28,35H,14-17,19H2,1H3/t20?,27-,28?/m1/s1. The van der Waals surface area contributed by atoms with Crippen LogP contribution in [-0.4, -0.2) is 77.1 Å². The molecule has 0 bridgehead atoms. The molecule has 1 N–H and O–H groups in total. The van der Waals surface area contributed by atoms with Gasteiger partial charge in [-0.3, -0.25) is 19.5 Å². The van der Waals surface area contributed by atoms with Crippen molar-refractivity contribution in [2.75, 3.05) is 37.6 Å². The van der Waals surface area contributed by atoms with Crippen molar-refractivity contribution in [2.45, 2.75) is 25.5 Å². The van der Waals surface area contributed by atoms with Crippen LogP contribution >= 0.6 is 0 Å². The zero-order valence-electron chi connectivity index (χ0n) is 20.6. The van der Waals surface area contributed by atoms with Gasteiger partial charge in [-0.25, -0.2) is 4.98 Å². The lowest BCUT2D eigenvalue weighted by atomic mass is 10.1. The molecule has 190 valence electrons. The van der Waals surface area contributed by atoms with E-state index in [2.05, 4.69) is 27.8 Å². The van der Waals surface area contributed by atoms with Crippen LogP contribution in [0.15, 0.2) is 72.9 Å². The molecule has 0 spiro atoms. The van der Waals surface area contributed by atoms with Gasteiger partial charge < -0.3 is 14.6 Å². The van der Waals surface area contributed by atoms with E-state index in [1.165, 1.54) is 0 Å². The summed E-state index contributed by atoms with van der Waals surface area (Å²) in [5, 5.41) is 19.6. The lowest BCUT2D eigenvalue weighted by Crippen LogP contribution is -2.60. The average molecular weight is 500 g/mol. The fourth-order valence-electron chi connectivity index (χ4n) is 4.73. The topological polar surface area (TPSA) is 102 Å². The van der Waals surface area contributed by atoms with Crippen molar-refractivity contribution in [2.24, 2.45) is 0 Å². The highest BCUT2D eigenvalue weighted by Crippen LogP contribution is 2.34. The number of nitriles is 1. The molecule has 1 amide bonds. The van der Waals surface area contributed by atoms with E-state index >= 15 is 0 Å². The number of carbonyl (C=O) groups is 1. The summed E-state index contributed by atoms with van der Waals surface area (Å²) in [5.74, 6) is 1.58. The monoisotopic (exact) mass is 499 g/mol. The maximum absolute atomic E-state index is 13.5. The third kappa shape index (κ3) is 5.42. The van der Waals surface area contributed by atoms with Crippen LogP contribution in [0.1, 0.15) is 22.8 Å². The van der Waals surface area contributed by atoms with Crippen LogP contribution in [0.4, 0.5) is 5.82 Å². The smallest absolute Gasteiger partial charge is 0.259 e. The lowest BCUT2D eigenvalue weighted by Gasteiger charge is -2.44. The molecule has 9 nitrogen and oxygen atoms in total. The van der Waals surface area contributed by atoms with Crippen LogP contribution in [0.5, 0.6) is 11.5 Å². The first kappa shape index (κ1) is 24.7. The molecule has 3 heterocycles. The summed E-state index contributed by atoms with van der Waals surface area (Å²) in [5.41, 5.74) is 1.01. The van der Waals surface area contributed by atoms with E-state index in [4.69, 9.17) is 14.7 Å². The average Bonchev–Trinajstić information content (AvgIpc) is 2.95. The number of ether oxygens (including phenoxy) is 2. The van der Waals surface area contributed by atoms with Crippen molar-refractivity contribution >= 4 is 11.7 Å². The second-order valence-electron chi connectivity index (χ2n) is 9.18. The molecule has 0 aliphatic carbocycles. The number of anilines is 1. The number of rotatable bonds is 6. The van der Waals surface area contributed by atoms with Gasteiger partial charge >= 0.3 is 0 Å². The summed E-state index contributed by atoms with van der Waals surface area (Å²) in [4.78, 5) is 24.0. The van der Waals surface area contributed by atoms with Gasteiger partial charge in [-0.05, 0) is 55.5 Å². The molecule has 1 saturated heterocycles. The number of amides is 1. The lowest BCUT2D eigenvalue weighted by molar-refractivity contribution is -0.176. The molecule has 9 heteroatoms. The highest BCUT2D eigenvalue weighted by atomic mass is 16.7. The molecular weight excluding hydrogens is 470 g/mol. The predicted molar refractivity (Wildman–Crippen MR) is 137 cm³/mol. The number of aromatic nitrogens is 1. The van der Waals surface area contributed by atoms with Crippen molar-refractivity contribution in [3.63, 3.8) is 0 Å². The van der Waals surface area contributed by atoms with Crippen LogP contribution in [0.25, 0.3) is 0 Å². The number of para-hydroxylation sites is 2. The van der Waals surface area contributed by atoms with Crippen molar-refractivity contribution in [1.29, 1.82) is 5.26 Å². The molecule has 3 aromatic rings. The molecule has 2 aliphatic heterocycles. The largest absolute Gasteiger partial charge is 0.464 e. The quantitative estimate of drug-likeness (QED) is 0.553. The van der Waals surface area contributed by atoms with Gasteiger partial charge in [-0.15, -0.1) is 0 Å². The van der Waals surface area contributed by atoms with Gasteiger partial charge in [0, 0.05) is 50.5 Å². The van der Waals surface area contributed by atoms with Crippen LogP contribution < -0.4 is 14.4 Å². The number of hydrogen-bond donors (Lipinski definition) is 1. The number of piperazine rings is 1. The maximum Gasteiger partial charge on any atom is 0.259 e. The summed E-state index contributed by atoms with van der Waals surface area (Å²) >= 11 is 0. The van der Waals surface area contributed by atoms with E-state index in [1.807, 2.05) is 36.4 Å². The molecule has 37 heavy (non-hydrogen) atoms. The number of aliphatic hydroxyl groups is 1. The van der Waals surface area contributed by atoms with Crippen molar-refractivity contribution in [1.82, 2.24) is 14.8 Å². The van der Waals surface area contributed by atoms with E-state index in [-0.39, 0.29) is 11.9 Å². The SMILES string of the molecule is CC(CN(C(=O)c1ccc(C#N)cc1)c1ccccn1)N1CCN([C@@H]2Oc3ccccc3OC2O)CC1. The summed E-state index contributed by atoms with van der Waals surface area (Å²) < 4.78 is 11.7. The minimum Gasteiger partial charge on any atom is -0.464 e. The first-order valence-corrected chi connectivity index (χ1v) is 12.3. The highest BCUT2D eigenvalue weighted by Gasteiger charge is 2.37. The van der Waals surface area contributed by atoms with Gasteiger partial charge in [0.1, 0.15) is 5.82 Å². The van der Waals surface area contributed by atoms with E-state index in [1.54, 1.807) is 41.4 Å². The Morgan fingerprint density at radius 2 is 1.73 bits per heavy atom. The molecule has 2 aromatic carbocycles. The Balaban J connectivity index is 1.24. The summed E-state index contributed by atoms with van der Waals surface area (Å²) in [6.07, 6.45) is 0.0342. The first-order valence-electron chi connectivity index (χ1n) is 12.3. The van der Waals surface area contributed by atoms with Gasteiger partial charge in [-0.1, -0.05) is 18.2 Å². The van der Waals surface area contributed by atoms with Crippen LogP contribution in [-0.2, 0) is 0 Å². The van der Waals surface area contributed by atoms with Gasteiger partial charge in [0.2, 0.25) is 12.5 Å². The van der Waals surface area contributed by atoms with Crippen LogP contribution in [0.3, 0.4) is 0 Å². The van der Waals surface area contributed by atoms with E-state index < -0.39 is 12.5 Å². The minimum absolute atomic E-state index is 0.0562. The van der Waals surface area contributed by atoms with Crippen molar-refractivity contribution in [3.05, 3.63) is 84.1 Å². The van der Waals surface area contributed by atoms with E-state index in [9.17, 15) is 9.90 Å². The number of aliphatic hydroxyl groups excluding tert-OH is 1. The fourth-order valence-corrected chi connectivity index (χ4v) is 4.73. The summed E-state index contributed by atoms with van der Waals surface area (Å²) in [6.45, 7) is 5.42. The molecule has 1 aromatic heterocycles. The van der Waals surface area contributed by atoms with Gasteiger partial charge in [0.15, 0.2) is 11.5 Å². The first-order chi connectivity index (χ1) is 18.0. The minimum atomic E-state index is -1.07. The van der Waals surface area contributed by atoms with Gasteiger partial charge in [-0.2, -0.15) is 5.26 Å². The van der Waals surface area contributed by atoms with Crippen LogP contribution in [0, 0.1) is 11.3 Å². The molecule has 2 unspecified atom stereocenters. The molecule has 0 radical (unpaired) electrons. The summed E-state index contributed by atoms with van der Waals surface area (Å²) in [7, 11) is 0. The molecule has 2 aliphatic rings. The highest BCUT2D eigenvalue weighted by molar-refractivity contribution is 6.05. The number of pyridine rings is 1. The van der Waals surface area contributed by atoms with Crippen molar-refractivity contribution < 1.29 is 19.4 Å². The molecule has 0 saturated carbocycles. The Hall–Kier alpha value is -3.97. The Labute approximate surface area is 216 Å². The van der Waals surface area contributed by atoms with E-state index in [0.29, 0.717) is 48.1 Å². The second-order valence-corrected chi connectivity index (χ2v) is 9.18. The Kier molecular flexibility index (Phi) is 7.32. The second kappa shape index (κ2) is 11.0. The molecular formula is C28H29N5O4.